The van der Waals surface area contributed by atoms with E-state index in [4.69, 9.17) is 11.6 Å². The zero-order chi connectivity index (χ0) is 10.8. The Balaban J connectivity index is 1.92. The number of piperidine rings is 1. The van der Waals surface area contributed by atoms with E-state index in [1.54, 1.807) is 0 Å². The molecular formula is C11H16ClNO2. The smallest absolute Gasteiger partial charge is 0.226 e. The molecule has 15 heavy (non-hydrogen) atoms. The number of amides is 1. The van der Waals surface area contributed by atoms with E-state index in [1.807, 2.05) is 4.90 Å². The van der Waals surface area contributed by atoms with Crippen LogP contribution >= 0.6 is 11.6 Å². The maximum Gasteiger partial charge on any atom is 0.226 e. The van der Waals surface area contributed by atoms with Crippen molar-refractivity contribution in [3.63, 3.8) is 0 Å². The topological polar surface area (TPSA) is 37.4 Å². The van der Waals surface area contributed by atoms with Crippen LogP contribution in [0.3, 0.4) is 0 Å². The Bertz CT molecular complexity index is 274. The average molecular weight is 230 g/mol. The summed E-state index contributed by atoms with van der Waals surface area (Å²) in [5, 5.41) is -0.336. The fourth-order valence-corrected chi connectivity index (χ4v) is 2.68. The summed E-state index contributed by atoms with van der Waals surface area (Å²) in [6.07, 6.45) is 5.02. The van der Waals surface area contributed by atoms with Crippen LogP contribution in [0.5, 0.6) is 0 Å². The van der Waals surface area contributed by atoms with E-state index in [2.05, 4.69) is 0 Å². The van der Waals surface area contributed by atoms with Crippen LogP contribution in [0.1, 0.15) is 32.1 Å². The lowest BCUT2D eigenvalue weighted by Crippen LogP contribution is -2.46. The lowest BCUT2D eigenvalue weighted by molar-refractivity contribution is -0.145. The normalized spacial score (nSPS) is 30.9. The van der Waals surface area contributed by atoms with Crippen molar-refractivity contribution in [1.82, 2.24) is 4.90 Å². The number of nitrogens with zero attached hydrogens (tertiary/aromatic N) is 1. The van der Waals surface area contributed by atoms with Gasteiger partial charge in [0.05, 0.1) is 0 Å². The zero-order valence-electron chi connectivity index (χ0n) is 8.75. The first-order valence-electron chi connectivity index (χ1n) is 5.68. The van der Waals surface area contributed by atoms with Crippen LogP contribution in [0.2, 0.25) is 0 Å². The largest absolute Gasteiger partial charge is 0.342 e. The first kappa shape index (κ1) is 10.9. The van der Waals surface area contributed by atoms with E-state index in [-0.39, 0.29) is 23.0 Å². The molecule has 1 heterocycles. The zero-order valence-corrected chi connectivity index (χ0v) is 9.50. The minimum atomic E-state index is -0.336. The van der Waals surface area contributed by atoms with Gasteiger partial charge in [0, 0.05) is 24.9 Å². The molecule has 2 fully saturated rings. The number of carbonyl (C=O) groups is 2. The van der Waals surface area contributed by atoms with Crippen LogP contribution in [-0.2, 0) is 9.59 Å². The monoisotopic (exact) mass is 229 g/mol. The number of hydrogen-bond acceptors (Lipinski definition) is 2. The molecule has 0 N–H and O–H groups in total. The molecule has 0 radical (unpaired) electrons. The molecular weight excluding hydrogens is 214 g/mol. The predicted octanol–water partition coefficient (Wildman–Crippen LogP) is 1.79. The predicted molar refractivity (Wildman–Crippen MR) is 57.5 cm³/mol. The van der Waals surface area contributed by atoms with Crippen molar-refractivity contribution in [1.29, 1.82) is 0 Å². The summed E-state index contributed by atoms with van der Waals surface area (Å²) < 4.78 is 0. The molecule has 1 aliphatic heterocycles. The molecule has 1 aliphatic carbocycles. The molecule has 2 atom stereocenters. The van der Waals surface area contributed by atoms with Crippen molar-refractivity contribution in [3.05, 3.63) is 0 Å². The summed E-state index contributed by atoms with van der Waals surface area (Å²) in [6.45, 7) is 1.72. The highest BCUT2D eigenvalue weighted by Gasteiger charge is 2.42. The van der Waals surface area contributed by atoms with E-state index in [0.717, 1.165) is 38.8 Å². The fourth-order valence-electron chi connectivity index (χ4n) is 2.42. The summed E-state index contributed by atoms with van der Waals surface area (Å²) in [5.74, 6) is -0.172. The first-order chi connectivity index (χ1) is 7.20. The molecule has 0 aromatic rings. The van der Waals surface area contributed by atoms with E-state index < -0.39 is 0 Å². The van der Waals surface area contributed by atoms with Crippen molar-refractivity contribution < 1.29 is 9.59 Å². The first-order valence-corrected chi connectivity index (χ1v) is 6.06. The SMILES string of the molecule is O=C(Cl)C1CCC1C(=O)N1CCCCC1. The number of likely N-dealkylation sites (tertiary alicyclic amines) is 1. The molecule has 2 aliphatic rings. The van der Waals surface area contributed by atoms with Crippen LogP contribution in [0.15, 0.2) is 0 Å². The molecule has 2 unspecified atom stereocenters. The van der Waals surface area contributed by atoms with Crippen LogP contribution < -0.4 is 0 Å². The van der Waals surface area contributed by atoms with E-state index in [9.17, 15) is 9.59 Å². The number of halogens is 1. The highest BCUT2D eigenvalue weighted by Crippen LogP contribution is 2.37. The Morgan fingerprint density at radius 3 is 2.07 bits per heavy atom. The molecule has 0 bridgehead atoms. The Hall–Kier alpha value is -0.570. The Labute approximate surface area is 94.8 Å². The number of hydrogen-bond donors (Lipinski definition) is 0. The van der Waals surface area contributed by atoms with Gasteiger partial charge in [-0.15, -0.1) is 0 Å². The summed E-state index contributed by atoms with van der Waals surface area (Å²) in [7, 11) is 0. The third-order valence-electron chi connectivity index (χ3n) is 3.55. The molecule has 1 saturated carbocycles. The molecule has 84 valence electrons. The van der Waals surface area contributed by atoms with Gasteiger partial charge in [-0.1, -0.05) is 0 Å². The third-order valence-corrected chi connectivity index (χ3v) is 3.83. The summed E-state index contributed by atoms with van der Waals surface area (Å²) in [6, 6.07) is 0. The lowest BCUT2D eigenvalue weighted by atomic mass is 9.73. The van der Waals surface area contributed by atoms with Gasteiger partial charge in [-0.3, -0.25) is 9.59 Å². The molecule has 1 saturated heterocycles. The van der Waals surface area contributed by atoms with Gasteiger partial charge in [-0.25, -0.2) is 0 Å². The molecule has 1 amide bonds. The van der Waals surface area contributed by atoms with E-state index in [1.165, 1.54) is 6.42 Å². The van der Waals surface area contributed by atoms with Gasteiger partial charge >= 0.3 is 0 Å². The standard InChI is InChI=1S/C11H16ClNO2/c12-10(14)8-4-5-9(8)11(15)13-6-2-1-3-7-13/h8-9H,1-7H2. The molecule has 3 nitrogen and oxygen atoms in total. The van der Waals surface area contributed by atoms with Crippen LogP contribution in [-0.4, -0.2) is 29.1 Å². The van der Waals surface area contributed by atoms with Crippen LogP contribution in [0.4, 0.5) is 0 Å². The van der Waals surface area contributed by atoms with Crippen molar-refractivity contribution in [2.24, 2.45) is 11.8 Å². The number of carbonyl (C=O) groups excluding carboxylic acids is 2. The van der Waals surface area contributed by atoms with Gasteiger partial charge in [-0.05, 0) is 43.7 Å². The van der Waals surface area contributed by atoms with Gasteiger partial charge in [0.25, 0.3) is 0 Å². The third kappa shape index (κ3) is 2.17. The Kier molecular flexibility index (Phi) is 3.29. The van der Waals surface area contributed by atoms with Crippen LogP contribution in [0, 0.1) is 11.8 Å². The second kappa shape index (κ2) is 4.52. The molecule has 0 aromatic heterocycles. The van der Waals surface area contributed by atoms with Gasteiger partial charge in [0.15, 0.2) is 0 Å². The summed E-state index contributed by atoms with van der Waals surface area (Å²) in [5.41, 5.74) is 0. The van der Waals surface area contributed by atoms with E-state index in [0.29, 0.717) is 0 Å². The Morgan fingerprint density at radius 1 is 1.00 bits per heavy atom. The Morgan fingerprint density at radius 2 is 1.60 bits per heavy atom. The van der Waals surface area contributed by atoms with Crippen molar-refractivity contribution in [2.45, 2.75) is 32.1 Å². The van der Waals surface area contributed by atoms with Gasteiger partial charge in [0.2, 0.25) is 11.1 Å². The summed E-state index contributed by atoms with van der Waals surface area (Å²) >= 11 is 5.45. The summed E-state index contributed by atoms with van der Waals surface area (Å²) in [4.78, 5) is 24.9. The second-order valence-electron chi connectivity index (χ2n) is 4.48. The fraction of sp³-hybridized carbons (Fsp3) is 0.818. The quantitative estimate of drug-likeness (QED) is 0.677. The minimum absolute atomic E-state index is 0.118. The molecule has 0 aromatic carbocycles. The van der Waals surface area contributed by atoms with Gasteiger partial charge in [0.1, 0.15) is 0 Å². The highest BCUT2D eigenvalue weighted by molar-refractivity contribution is 6.64. The average Bonchev–Trinajstić information content (AvgIpc) is 2.16. The molecule has 2 rings (SSSR count). The molecule has 0 spiro atoms. The van der Waals surface area contributed by atoms with Crippen molar-refractivity contribution >= 4 is 22.8 Å². The minimum Gasteiger partial charge on any atom is -0.342 e. The molecule has 4 heteroatoms. The lowest BCUT2D eigenvalue weighted by Gasteiger charge is -2.38. The highest BCUT2D eigenvalue weighted by atomic mass is 35.5. The van der Waals surface area contributed by atoms with E-state index >= 15 is 0 Å². The van der Waals surface area contributed by atoms with Crippen molar-refractivity contribution in [3.8, 4) is 0 Å². The second-order valence-corrected chi connectivity index (χ2v) is 4.85. The van der Waals surface area contributed by atoms with Crippen molar-refractivity contribution in [2.75, 3.05) is 13.1 Å². The maximum absolute atomic E-state index is 12.0. The van der Waals surface area contributed by atoms with Gasteiger partial charge < -0.3 is 4.90 Å². The van der Waals surface area contributed by atoms with Gasteiger partial charge in [-0.2, -0.15) is 0 Å². The van der Waals surface area contributed by atoms with Crippen LogP contribution in [0.25, 0.3) is 0 Å². The maximum atomic E-state index is 12.0. The number of rotatable bonds is 2.